The van der Waals surface area contributed by atoms with Crippen LogP contribution in [0, 0.1) is 6.92 Å². The monoisotopic (exact) mass is 480 g/mol. The Morgan fingerprint density at radius 1 is 0.676 bits per heavy atom. The van der Waals surface area contributed by atoms with Crippen LogP contribution in [0.15, 0.2) is 91.0 Å². The van der Waals surface area contributed by atoms with E-state index >= 15 is 0 Å². The number of nitrogens with zero attached hydrogens (tertiary/aromatic N) is 1. The standard InChI is InChI=1S/C35H32N2/c1-4-23-8-9-26-12-17-30-24(5-2)20-33(31-19-18-29(23)34(26)35(30)31)37(27-13-6-22(3)7-14-27)28-15-10-25(11-16-28)32-21-36-32/h6-20,32,36H,4-5,21H2,1-3H3. The van der Waals surface area contributed by atoms with E-state index in [0.29, 0.717) is 6.04 Å². The third kappa shape index (κ3) is 3.59. The highest BCUT2D eigenvalue weighted by Gasteiger charge is 2.24. The van der Waals surface area contributed by atoms with Crippen LogP contribution >= 0.6 is 0 Å². The topological polar surface area (TPSA) is 25.2 Å². The van der Waals surface area contributed by atoms with Crippen LogP contribution in [-0.2, 0) is 12.8 Å². The van der Waals surface area contributed by atoms with Gasteiger partial charge in [-0.05, 0) is 93.7 Å². The van der Waals surface area contributed by atoms with Crippen LogP contribution in [0.1, 0.15) is 42.1 Å². The van der Waals surface area contributed by atoms with Crippen LogP contribution in [0.4, 0.5) is 17.1 Å². The smallest absolute Gasteiger partial charge is 0.0543 e. The number of nitrogens with one attached hydrogen (secondary N) is 1. The molecule has 0 spiro atoms. The lowest BCUT2D eigenvalue weighted by molar-refractivity contribution is 1.08. The Hall–Kier alpha value is -3.88. The van der Waals surface area contributed by atoms with Gasteiger partial charge in [0.15, 0.2) is 0 Å². The molecule has 1 aliphatic heterocycles. The highest BCUT2D eigenvalue weighted by Crippen LogP contribution is 2.46. The summed E-state index contributed by atoms with van der Waals surface area (Å²) in [4.78, 5) is 2.45. The summed E-state index contributed by atoms with van der Waals surface area (Å²) in [5.74, 6) is 0. The number of hydrogen-bond donors (Lipinski definition) is 1. The first-order valence-corrected chi connectivity index (χ1v) is 13.6. The van der Waals surface area contributed by atoms with E-state index in [0.717, 1.165) is 19.4 Å². The second-order valence-electron chi connectivity index (χ2n) is 10.5. The molecule has 0 bridgehead atoms. The van der Waals surface area contributed by atoms with Gasteiger partial charge in [0, 0.05) is 29.3 Å². The minimum absolute atomic E-state index is 0.510. The molecule has 0 radical (unpaired) electrons. The van der Waals surface area contributed by atoms with Crippen molar-refractivity contribution in [2.45, 2.75) is 39.7 Å². The molecule has 1 atom stereocenters. The minimum Gasteiger partial charge on any atom is -0.310 e. The zero-order valence-electron chi connectivity index (χ0n) is 21.8. The van der Waals surface area contributed by atoms with Gasteiger partial charge in [-0.3, -0.25) is 0 Å². The van der Waals surface area contributed by atoms with Gasteiger partial charge in [0.2, 0.25) is 0 Å². The quantitative estimate of drug-likeness (QED) is 0.190. The van der Waals surface area contributed by atoms with E-state index in [1.54, 1.807) is 0 Å². The van der Waals surface area contributed by atoms with Gasteiger partial charge in [-0.25, -0.2) is 0 Å². The van der Waals surface area contributed by atoms with E-state index in [1.165, 1.54) is 71.6 Å². The van der Waals surface area contributed by atoms with Crippen molar-refractivity contribution in [3.05, 3.63) is 113 Å². The molecule has 1 unspecified atom stereocenters. The molecule has 6 aromatic carbocycles. The first-order chi connectivity index (χ1) is 18.2. The Balaban J connectivity index is 1.55. The summed E-state index contributed by atoms with van der Waals surface area (Å²) < 4.78 is 0. The van der Waals surface area contributed by atoms with Crippen LogP contribution < -0.4 is 10.2 Å². The highest BCUT2D eigenvalue weighted by atomic mass is 15.1. The number of rotatable bonds is 6. The second-order valence-corrected chi connectivity index (χ2v) is 10.5. The first kappa shape index (κ1) is 22.3. The summed E-state index contributed by atoms with van der Waals surface area (Å²) in [7, 11) is 0. The largest absolute Gasteiger partial charge is 0.310 e. The Bertz CT molecular complexity index is 1740. The fraction of sp³-hybridized carbons (Fsp3) is 0.200. The Morgan fingerprint density at radius 3 is 1.95 bits per heavy atom. The molecule has 2 heteroatoms. The summed E-state index contributed by atoms with van der Waals surface area (Å²) in [6.07, 6.45) is 2.04. The van der Waals surface area contributed by atoms with Crippen molar-refractivity contribution in [1.29, 1.82) is 0 Å². The molecule has 37 heavy (non-hydrogen) atoms. The molecule has 6 aromatic rings. The zero-order valence-corrected chi connectivity index (χ0v) is 21.8. The summed E-state index contributed by atoms with van der Waals surface area (Å²) in [6.45, 7) is 7.77. The average molecular weight is 481 g/mol. The van der Waals surface area contributed by atoms with Gasteiger partial charge in [0.05, 0.1) is 5.69 Å². The van der Waals surface area contributed by atoms with Crippen molar-refractivity contribution < 1.29 is 0 Å². The molecule has 1 fully saturated rings. The van der Waals surface area contributed by atoms with Gasteiger partial charge in [0.1, 0.15) is 0 Å². The van der Waals surface area contributed by atoms with Gasteiger partial charge in [-0.2, -0.15) is 0 Å². The third-order valence-electron chi connectivity index (χ3n) is 8.19. The van der Waals surface area contributed by atoms with Crippen molar-refractivity contribution in [2.24, 2.45) is 0 Å². The molecule has 1 aliphatic rings. The Morgan fingerprint density at radius 2 is 1.27 bits per heavy atom. The summed E-state index contributed by atoms with van der Waals surface area (Å²) in [5.41, 5.74) is 9.09. The van der Waals surface area contributed by atoms with Gasteiger partial charge < -0.3 is 10.2 Å². The van der Waals surface area contributed by atoms with E-state index in [9.17, 15) is 0 Å². The summed E-state index contributed by atoms with van der Waals surface area (Å²) in [5, 5.41) is 11.6. The van der Waals surface area contributed by atoms with E-state index < -0.39 is 0 Å². The van der Waals surface area contributed by atoms with Crippen molar-refractivity contribution in [3.8, 4) is 0 Å². The predicted octanol–water partition coefficient (Wildman–Crippen LogP) is 9.13. The van der Waals surface area contributed by atoms with Crippen LogP contribution in [0.25, 0.3) is 32.3 Å². The number of aryl methyl sites for hydroxylation is 3. The van der Waals surface area contributed by atoms with Crippen LogP contribution in [-0.4, -0.2) is 6.54 Å². The lowest BCUT2D eigenvalue weighted by atomic mass is 9.88. The second kappa shape index (κ2) is 8.61. The van der Waals surface area contributed by atoms with Gasteiger partial charge in [-0.1, -0.05) is 80.1 Å². The Kier molecular flexibility index (Phi) is 5.19. The van der Waals surface area contributed by atoms with E-state index in [4.69, 9.17) is 0 Å². The highest BCUT2D eigenvalue weighted by molar-refractivity contribution is 6.27. The maximum atomic E-state index is 3.43. The van der Waals surface area contributed by atoms with Gasteiger partial charge in [-0.15, -0.1) is 0 Å². The van der Waals surface area contributed by atoms with E-state index in [-0.39, 0.29) is 0 Å². The van der Waals surface area contributed by atoms with Gasteiger partial charge >= 0.3 is 0 Å². The SMILES string of the molecule is CCc1ccc2ccc3c(CC)cc(N(c4ccc(C)cc4)c4ccc(C5CN5)cc4)c4ccc1c2c34. The minimum atomic E-state index is 0.510. The maximum absolute atomic E-state index is 3.43. The molecular formula is C35H32N2. The van der Waals surface area contributed by atoms with E-state index in [2.05, 4.69) is 122 Å². The number of hydrogen-bond acceptors (Lipinski definition) is 2. The maximum Gasteiger partial charge on any atom is 0.0543 e. The first-order valence-electron chi connectivity index (χ1n) is 13.6. The third-order valence-corrected chi connectivity index (χ3v) is 8.19. The van der Waals surface area contributed by atoms with Gasteiger partial charge in [0.25, 0.3) is 0 Å². The molecule has 7 rings (SSSR count). The summed E-state index contributed by atoms with van der Waals surface area (Å²) in [6, 6.07) is 35.0. The lowest BCUT2D eigenvalue weighted by Gasteiger charge is -2.29. The van der Waals surface area contributed by atoms with E-state index in [1.807, 2.05) is 0 Å². The molecule has 1 saturated heterocycles. The molecule has 1 N–H and O–H groups in total. The molecule has 1 heterocycles. The number of anilines is 3. The van der Waals surface area contributed by atoms with Crippen LogP contribution in [0.3, 0.4) is 0 Å². The lowest BCUT2D eigenvalue weighted by Crippen LogP contribution is -2.11. The van der Waals surface area contributed by atoms with Crippen molar-refractivity contribution >= 4 is 49.4 Å². The van der Waals surface area contributed by atoms with Crippen molar-refractivity contribution in [3.63, 3.8) is 0 Å². The fourth-order valence-corrected chi connectivity index (χ4v) is 6.07. The van der Waals surface area contributed by atoms with Crippen LogP contribution in [0.2, 0.25) is 0 Å². The van der Waals surface area contributed by atoms with Crippen molar-refractivity contribution in [1.82, 2.24) is 5.32 Å². The normalized spacial score (nSPS) is 15.2. The zero-order chi connectivity index (χ0) is 25.1. The molecule has 2 nitrogen and oxygen atoms in total. The predicted molar refractivity (Wildman–Crippen MR) is 159 cm³/mol. The Labute approximate surface area is 218 Å². The summed E-state index contributed by atoms with van der Waals surface area (Å²) >= 11 is 0. The molecular weight excluding hydrogens is 448 g/mol. The van der Waals surface area contributed by atoms with Crippen molar-refractivity contribution in [2.75, 3.05) is 11.4 Å². The molecule has 0 saturated carbocycles. The molecule has 0 aliphatic carbocycles. The fourth-order valence-electron chi connectivity index (χ4n) is 6.07. The average Bonchev–Trinajstić information content (AvgIpc) is 3.79. The molecule has 0 amide bonds. The molecule has 0 aromatic heterocycles. The molecule has 182 valence electrons. The number of benzene rings is 6. The van der Waals surface area contributed by atoms with Crippen LogP contribution in [0.5, 0.6) is 0 Å².